The minimum absolute atomic E-state index is 0.0627. The molecule has 6 nitrogen and oxygen atoms in total. The van der Waals surface area contributed by atoms with Crippen LogP contribution in [-0.4, -0.2) is 37.2 Å². The van der Waals surface area contributed by atoms with E-state index in [1.54, 1.807) is 0 Å². The van der Waals surface area contributed by atoms with Crippen molar-refractivity contribution >= 4 is 17.9 Å². The summed E-state index contributed by atoms with van der Waals surface area (Å²) in [7, 11) is 0. The predicted molar refractivity (Wildman–Crippen MR) is 307 cm³/mol. The molecule has 6 heteroatoms. The average molecular weight is 1000 g/mol. The van der Waals surface area contributed by atoms with Crippen LogP contribution in [0.15, 0.2) is 0 Å². The fourth-order valence-corrected chi connectivity index (χ4v) is 10.1. The van der Waals surface area contributed by atoms with Crippen molar-refractivity contribution in [2.24, 2.45) is 17.8 Å². The summed E-state index contributed by atoms with van der Waals surface area (Å²) in [6.45, 7) is 13.8. The van der Waals surface area contributed by atoms with E-state index in [9.17, 15) is 14.4 Å². The summed E-state index contributed by atoms with van der Waals surface area (Å²) in [5, 5.41) is 0. The van der Waals surface area contributed by atoms with Crippen LogP contribution in [0.25, 0.3) is 0 Å². The third-order valence-corrected chi connectivity index (χ3v) is 14.9. The van der Waals surface area contributed by atoms with Crippen LogP contribution >= 0.6 is 0 Å². The molecule has 422 valence electrons. The molecule has 0 N–H and O–H groups in total. The molecule has 0 rings (SSSR count). The van der Waals surface area contributed by atoms with Gasteiger partial charge in [0, 0.05) is 19.3 Å². The van der Waals surface area contributed by atoms with Crippen molar-refractivity contribution in [3.05, 3.63) is 0 Å². The highest BCUT2D eigenvalue weighted by molar-refractivity contribution is 5.71. The molecule has 0 aromatic rings. The molecule has 0 spiro atoms. The molecule has 0 aromatic heterocycles. The van der Waals surface area contributed by atoms with Gasteiger partial charge in [-0.2, -0.15) is 0 Å². The molecule has 0 radical (unpaired) electrons. The normalized spacial score (nSPS) is 12.1. The third kappa shape index (κ3) is 59.2. The van der Waals surface area contributed by atoms with Crippen LogP contribution in [0.4, 0.5) is 0 Å². The third-order valence-electron chi connectivity index (χ3n) is 14.9. The second-order valence-corrected chi connectivity index (χ2v) is 23.8. The molecule has 0 amide bonds. The minimum Gasteiger partial charge on any atom is -0.462 e. The van der Waals surface area contributed by atoms with E-state index >= 15 is 0 Å². The molecular weight excluding hydrogens is 877 g/mol. The average Bonchev–Trinajstić information content (AvgIpc) is 3.33. The summed E-state index contributed by atoms with van der Waals surface area (Å²) in [5.74, 6) is 1.69. The van der Waals surface area contributed by atoms with Crippen molar-refractivity contribution in [2.45, 2.75) is 369 Å². The molecule has 0 bridgehead atoms. The van der Waals surface area contributed by atoms with Crippen LogP contribution in [0.3, 0.4) is 0 Å². The lowest BCUT2D eigenvalue weighted by molar-refractivity contribution is -0.167. The van der Waals surface area contributed by atoms with Crippen molar-refractivity contribution in [3.63, 3.8) is 0 Å². The maximum absolute atomic E-state index is 12.9. The summed E-state index contributed by atoms with van der Waals surface area (Å²) in [5.41, 5.74) is 0. The molecule has 0 heterocycles. The van der Waals surface area contributed by atoms with Gasteiger partial charge in [0.1, 0.15) is 13.2 Å². The minimum atomic E-state index is -0.764. The lowest BCUT2D eigenvalue weighted by atomic mass is 10.0. The van der Waals surface area contributed by atoms with Gasteiger partial charge >= 0.3 is 17.9 Å². The van der Waals surface area contributed by atoms with Crippen LogP contribution in [0.5, 0.6) is 0 Å². The molecule has 0 unspecified atom stereocenters. The Morgan fingerprint density at radius 2 is 0.408 bits per heavy atom. The smallest absolute Gasteiger partial charge is 0.306 e. The van der Waals surface area contributed by atoms with Crippen LogP contribution in [-0.2, 0) is 28.6 Å². The van der Waals surface area contributed by atoms with Gasteiger partial charge in [0.05, 0.1) is 0 Å². The number of carbonyl (C=O) groups is 3. The number of hydrogen-bond acceptors (Lipinski definition) is 6. The Kier molecular flexibility index (Phi) is 54.9. The lowest BCUT2D eigenvalue weighted by Crippen LogP contribution is -2.30. The molecule has 0 saturated carbocycles. The van der Waals surface area contributed by atoms with Crippen LogP contribution in [0.1, 0.15) is 363 Å². The Bertz CT molecular complexity index is 1100. The van der Waals surface area contributed by atoms with Crippen molar-refractivity contribution in [1.29, 1.82) is 0 Å². The number of hydrogen-bond donors (Lipinski definition) is 0. The number of carbonyl (C=O) groups excluding carboxylic acids is 3. The predicted octanol–water partition coefficient (Wildman–Crippen LogP) is 21.5. The summed E-state index contributed by atoms with van der Waals surface area (Å²) in [6.07, 6.45) is 61.1. The van der Waals surface area contributed by atoms with E-state index in [-0.39, 0.29) is 31.1 Å². The fourth-order valence-electron chi connectivity index (χ4n) is 10.1. The maximum Gasteiger partial charge on any atom is 0.306 e. The summed E-state index contributed by atoms with van der Waals surface area (Å²) in [6, 6.07) is 0. The topological polar surface area (TPSA) is 78.9 Å². The number of ether oxygens (including phenoxy) is 3. The van der Waals surface area contributed by atoms with Gasteiger partial charge in [0.2, 0.25) is 0 Å². The van der Waals surface area contributed by atoms with Crippen molar-refractivity contribution in [3.8, 4) is 0 Å². The monoisotopic (exact) mass is 1000 g/mol. The molecular formula is C65H126O6. The first-order valence-corrected chi connectivity index (χ1v) is 32.1. The zero-order valence-corrected chi connectivity index (χ0v) is 49.0. The molecule has 0 aromatic carbocycles. The Morgan fingerprint density at radius 1 is 0.239 bits per heavy atom. The maximum atomic E-state index is 12.9. The molecule has 0 fully saturated rings. The molecule has 0 saturated heterocycles. The van der Waals surface area contributed by atoms with Crippen molar-refractivity contribution < 1.29 is 28.6 Å². The second kappa shape index (κ2) is 56.1. The van der Waals surface area contributed by atoms with Crippen molar-refractivity contribution in [2.75, 3.05) is 13.2 Å². The van der Waals surface area contributed by atoms with Gasteiger partial charge in [-0.15, -0.1) is 0 Å². The van der Waals surface area contributed by atoms with Gasteiger partial charge in [-0.25, -0.2) is 0 Å². The van der Waals surface area contributed by atoms with E-state index in [0.29, 0.717) is 19.3 Å². The van der Waals surface area contributed by atoms with Gasteiger partial charge in [0.15, 0.2) is 6.10 Å². The molecule has 71 heavy (non-hydrogen) atoms. The highest BCUT2D eigenvalue weighted by Crippen LogP contribution is 2.19. The molecule has 0 aliphatic heterocycles. The molecule has 0 aliphatic rings. The van der Waals surface area contributed by atoms with Gasteiger partial charge < -0.3 is 14.2 Å². The summed E-state index contributed by atoms with van der Waals surface area (Å²) < 4.78 is 17.0. The highest BCUT2D eigenvalue weighted by Gasteiger charge is 2.19. The SMILES string of the molecule is CC(C)CCCCCCCCCCCCCCCCCCCCC(=O)OC[C@@H](COC(=O)CCCCCCCCCCCCC(C)C)OC(=O)CCCCCCCCCCCCCCCCCCC(C)C. The first-order valence-electron chi connectivity index (χ1n) is 32.1. The van der Waals surface area contributed by atoms with E-state index in [0.717, 1.165) is 75.5 Å². The van der Waals surface area contributed by atoms with E-state index in [4.69, 9.17) is 14.2 Å². The Morgan fingerprint density at radius 3 is 0.606 bits per heavy atom. The van der Waals surface area contributed by atoms with Gasteiger partial charge in [-0.3, -0.25) is 14.4 Å². The van der Waals surface area contributed by atoms with Crippen LogP contribution in [0, 0.1) is 17.8 Å². The summed E-state index contributed by atoms with van der Waals surface area (Å²) in [4.78, 5) is 38.3. The molecule has 0 aliphatic carbocycles. The van der Waals surface area contributed by atoms with E-state index < -0.39 is 6.10 Å². The van der Waals surface area contributed by atoms with Gasteiger partial charge in [0.25, 0.3) is 0 Å². The lowest BCUT2D eigenvalue weighted by Gasteiger charge is -2.18. The summed E-state index contributed by atoms with van der Waals surface area (Å²) >= 11 is 0. The number of rotatable bonds is 58. The van der Waals surface area contributed by atoms with Crippen LogP contribution in [0.2, 0.25) is 0 Å². The van der Waals surface area contributed by atoms with E-state index in [1.165, 1.54) is 244 Å². The second-order valence-electron chi connectivity index (χ2n) is 23.8. The zero-order chi connectivity index (χ0) is 51.9. The van der Waals surface area contributed by atoms with Crippen LogP contribution < -0.4 is 0 Å². The Labute approximate surface area is 444 Å². The Hall–Kier alpha value is -1.59. The highest BCUT2D eigenvalue weighted by atomic mass is 16.6. The number of esters is 3. The van der Waals surface area contributed by atoms with Crippen molar-refractivity contribution in [1.82, 2.24) is 0 Å². The standard InChI is InChI=1S/C65H126O6/c1-59(2)51-45-39-33-27-21-17-13-9-7-8-10-15-19-23-30-36-42-48-54-63(66)69-57-62(58-70-64(67)55-49-43-37-31-26-25-29-35-41-47-53-61(5)6)71-65(68)56-50-44-38-32-24-20-16-12-11-14-18-22-28-34-40-46-52-60(3)4/h59-62H,7-58H2,1-6H3/t62-/m0/s1. The quantitative estimate of drug-likeness (QED) is 0.0343. The van der Waals surface area contributed by atoms with E-state index in [1.807, 2.05) is 0 Å². The van der Waals surface area contributed by atoms with E-state index in [2.05, 4.69) is 41.5 Å². The molecule has 1 atom stereocenters. The zero-order valence-electron chi connectivity index (χ0n) is 49.0. The van der Waals surface area contributed by atoms with Gasteiger partial charge in [-0.05, 0) is 37.0 Å². The fraction of sp³-hybridized carbons (Fsp3) is 0.954. The largest absolute Gasteiger partial charge is 0.462 e. The Balaban J connectivity index is 4.25. The van der Waals surface area contributed by atoms with Gasteiger partial charge in [-0.1, -0.05) is 324 Å². The first kappa shape index (κ1) is 69.4. The number of unbranched alkanes of at least 4 members (excludes halogenated alkanes) is 41. The first-order chi connectivity index (χ1) is 34.6.